The fraction of sp³-hybridized carbons (Fsp3) is 0.333. The molecule has 0 unspecified atom stereocenters. The Morgan fingerprint density at radius 1 is 0.895 bits per heavy atom. The smallest absolute Gasteiger partial charge is 0.0347 e. The Labute approximate surface area is 114 Å². The number of fused-ring (bicyclic) bond motifs is 4. The number of hydrogen-bond acceptors (Lipinski definition) is 1. The van der Waals surface area contributed by atoms with Crippen molar-refractivity contribution in [1.29, 1.82) is 0 Å². The highest BCUT2D eigenvalue weighted by atomic mass is 15.1. The van der Waals surface area contributed by atoms with E-state index in [1.165, 1.54) is 24.1 Å². The summed E-state index contributed by atoms with van der Waals surface area (Å²) in [6, 6.07) is 18.1. The van der Waals surface area contributed by atoms with E-state index >= 15 is 0 Å². The molecule has 1 spiro atoms. The summed E-state index contributed by atoms with van der Waals surface area (Å²) in [5.74, 6) is 0. The Balaban J connectivity index is 1.99. The molecule has 2 aromatic rings. The zero-order valence-corrected chi connectivity index (χ0v) is 11.4. The molecule has 1 aliphatic heterocycles. The number of likely N-dealkylation sites (tertiary alicyclic amines) is 1. The summed E-state index contributed by atoms with van der Waals surface area (Å²) in [7, 11) is 2.24. The van der Waals surface area contributed by atoms with E-state index in [4.69, 9.17) is 0 Å². The van der Waals surface area contributed by atoms with Crippen molar-refractivity contribution in [3.8, 4) is 0 Å². The molecule has 0 aromatic heterocycles. The predicted octanol–water partition coefficient (Wildman–Crippen LogP) is 3.21. The lowest BCUT2D eigenvalue weighted by Crippen LogP contribution is -2.35. The van der Waals surface area contributed by atoms with Gasteiger partial charge in [-0.3, -0.25) is 0 Å². The standard InChI is InChI=1S/C18H19N/c1-19-11-10-18(13-19)16-8-4-2-6-14(16)12-15-7-3-5-9-17(15)18/h2-9H,10-13H2,1H3. The van der Waals surface area contributed by atoms with Crippen molar-refractivity contribution in [3.05, 3.63) is 70.8 Å². The van der Waals surface area contributed by atoms with Crippen molar-refractivity contribution in [1.82, 2.24) is 4.90 Å². The van der Waals surface area contributed by atoms with Crippen LogP contribution in [0.2, 0.25) is 0 Å². The highest BCUT2D eigenvalue weighted by Crippen LogP contribution is 2.46. The molecule has 0 atom stereocenters. The van der Waals surface area contributed by atoms with Crippen molar-refractivity contribution in [2.24, 2.45) is 0 Å². The summed E-state index contributed by atoms with van der Waals surface area (Å²) in [5, 5.41) is 0. The third-order valence-electron chi connectivity index (χ3n) is 4.91. The molecular weight excluding hydrogens is 230 g/mol. The minimum atomic E-state index is 0.236. The molecule has 1 saturated heterocycles. The third-order valence-corrected chi connectivity index (χ3v) is 4.91. The lowest BCUT2D eigenvalue weighted by atomic mass is 9.66. The van der Waals surface area contributed by atoms with Gasteiger partial charge in [-0.25, -0.2) is 0 Å². The first kappa shape index (κ1) is 11.2. The van der Waals surface area contributed by atoms with Crippen LogP contribution in [0.5, 0.6) is 0 Å². The van der Waals surface area contributed by atoms with Gasteiger partial charge in [0.15, 0.2) is 0 Å². The Morgan fingerprint density at radius 3 is 2.00 bits per heavy atom. The average molecular weight is 249 g/mol. The zero-order valence-electron chi connectivity index (χ0n) is 11.4. The molecule has 4 rings (SSSR count). The van der Waals surface area contributed by atoms with E-state index in [1.54, 1.807) is 11.1 Å². The second kappa shape index (κ2) is 3.94. The normalized spacial score (nSPS) is 20.3. The largest absolute Gasteiger partial charge is 0.305 e. The SMILES string of the molecule is CN1CCC2(C1)c1ccccc1Cc1ccccc12. The number of benzene rings is 2. The van der Waals surface area contributed by atoms with Crippen molar-refractivity contribution in [2.75, 3.05) is 20.1 Å². The second-order valence-electron chi connectivity index (χ2n) is 6.06. The van der Waals surface area contributed by atoms with Crippen LogP contribution in [0.4, 0.5) is 0 Å². The zero-order chi connectivity index (χ0) is 12.9. The van der Waals surface area contributed by atoms with Crippen molar-refractivity contribution in [3.63, 3.8) is 0 Å². The predicted molar refractivity (Wildman–Crippen MR) is 78.6 cm³/mol. The minimum Gasteiger partial charge on any atom is -0.305 e. The van der Waals surface area contributed by atoms with Gasteiger partial charge in [-0.2, -0.15) is 0 Å². The van der Waals surface area contributed by atoms with Gasteiger partial charge in [-0.05, 0) is 48.7 Å². The fourth-order valence-electron chi connectivity index (χ4n) is 4.07. The molecule has 2 aromatic carbocycles. The van der Waals surface area contributed by atoms with Crippen LogP contribution in [0.1, 0.15) is 28.7 Å². The monoisotopic (exact) mass is 249 g/mol. The molecule has 1 heterocycles. The van der Waals surface area contributed by atoms with Crippen molar-refractivity contribution in [2.45, 2.75) is 18.3 Å². The molecule has 96 valence electrons. The van der Waals surface area contributed by atoms with Gasteiger partial charge >= 0.3 is 0 Å². The number of nitrogens with zero attached hydrogens (tertiary/aromatic N) is 1. The minimum absolute atomic E-state index is 0.236. The molecule has 0 saturated carbocycles. The lowest BCUT2D eigenvalue weighted by molar-refractivity contribution is 0.388. The summed E-state index contributed by atoms with van der Waals surface area (Å²) in [6.07, 6.45) is 2.34. The molecular formula is C18H19N. The highest BCUT2D eigenvalue weighted by molar-refractivity contribution is 5.54. The van der Waals surface area contributed by atoms with Crippen LogP contribution in [0.25, 0.3) is 0 Å². The van der Waals surface area contributed by atoms with Gasteiger partial charge in [0.25, 0.3) is 0 Å². The first-order valence-corrected chi connectivity index (χ1v) is 7.15. The van der Waals surface area contributed by atoms with E-state index in [2.05, 4.69) is 60.5 Å². The Kier molecular flexibility index (Phi) is 2.33. The summed E-state index contributed by atoms with van der Waals surface area (Å²) in [6.45, 7) is 2.35. The number of rotatable bonds is 0. The van der Waals surface area contributed by atoms with Gasteiger partial charge in [-0.1, -0.05) is 48.5 Å². The summed E-state index contributed by atoms with van der Waals surface area (Å²) in [5.41, 5.74) is 6.42. The van der Waals surface area contributed by atoms with Gasteiger partial charge in [-0.15, -0.1) is 0 Å². The summed E-state index contributed by atoms with van der Waals surface area (Å²) >= 11 is 0. The maximum atomic E-state index is 2.47. The highest BCUT2D eigenvalue weighted by Gasteiger charge is 2.44. The van der Waals surface area contributed by atoms with Crippen LogP contribution in [0.15, 0.2) is 48.5 Å². The van der Waals surface area contributed by atoms with Crippen LogP contribution in [0, 0.1) is 0 Å². The van der Waals surface area contributed by atoms with Gasteiger partial charge in [0.05, 0.1) is 0 Å². The third kappa shape index (κ3) is 1.51. The van der Waals surface area contributed by atoms with Gasteiger partial charge in [0.2, 0.25) is 0 Å². The molecule has 1 nitrogen and oxygen atoms in total. The lowest BCUT2D eigenvalue weighted by Gasteiger charge is -2.38. The van der Waals surface area contributed by atoms with Crippen LogP contribution < -0.4 is 0 Å². The topological polar surface area (TPSA) is 3.24 Å². The van der Waals surface area contributed by atoms with Crippen LogP contribution in [-0.4, -0.2) is 25.0 Å². The van der Waals surface area contributed by atoms with Crippen LogP contribution in [0.3, 0.4) is 0 Å². The maximum Gasteiger partial charge on any atom is 0.0347 e. The molecule has 1 aliphatic carbocycles. The maximum absolute atomic E-state index is 2.47. The van der Waals surface area contributed by atoms with E-state index in [0.717, 1.165) is 13.0 Å². The first-order chi connectivity index (χ1) is 9.29. The van der Waals surface area contributed by atoms with E-state index in [-0.39, 0.29) is 5.41 Å². The first-order valence-electron chi connectivity index (χ1n) is 7.15. The molecule has 0 bridgehead atoms. The molecule has 0 N–H and O–H groups in total. The average Bonchev–Trinajstić information content (AvgIpc) is 2.82. The van der Waals surface area contributed by atoms with Crippen LogP contribution >= 0.6 is 0 Å². The molecule has 0 radical (unpaired) electrons. The number of likely N-dealkylation sites (N-methyl/N-ethyl adjacent to an activating group) is 1. The molecule has 2 aliphatic rings. The van der Waals surface area contributed by atoms with E-state index < -0.39 is 0 Å². The Bertz CT molecular complexity index is 584. The fourth-order valence-corrected chi connectivity index (χ4v) is 4.07. The van der Waals surface area contributed by atoms with E-state index in [9.17, 15) is 0 Å². The molecule has 0 amide bonds. The van der Waals surface area contributed by atoms with E-state index in [0.29, 0.717) is 0 Å². The van der Waals surface area contributed by atoms with E-state index in [1.807, 2.05) is 0 Å². The van der Waals surface area contributed by atoms with Crippen molar-refractivity contribution < 1.29 is 0 Å². The number of hydrogen-bond donors (Lipinski definition) is 0. The van der Waals surface area contributed by atoms with Gasteiger partial charge < -0.3 is 4.90 Å². The Hall–Kier alpha value is -1.60. The van der Waals surface area contributed by atoms with Crippen LogP contribution in [-0.2, 0) is 11.8 Å². The second-order valence-corrected chi connectivity index (χ2v) is 6.06. The summed E-state index contributed by atoms with van der Waals surface area (Å²) in [4.78, 5) is 2.47. The van der Waals surface area contributed by atoms with Crippen molar-refractivity contribution >= 4 is 0 Å². The van der Waals surface area contributed by atoms with Gasteiger partial charge in [0, 0.05) is 12.0 Å². The molecule has 19 heavy (non-hydrogen) atoms. The Morgan fingerprint density at radius 2 is 1.47 bits per heavy atom. The quantitative estimate of drug-likeness (QED) is 0.693. The van der Waals surface area contributed by atoms with Gasteiger partial charge in [0.1, 0.15) is 0 Å². The summed E-state index contributed by atoms with van der Waals surface area (Å²) < 4.78 is 0. The molecule has 1 fully saturated rings. The molecule has 1 heteroatoms.